The second-order valence-electron chi connectivity index (χ2n) is 10.5. The lowest BCUT2D eigenvalue weighted by molar-refractivity contribution is 0.0315. The summed E-state index contributed by atoms with van der Waals surface area (Å²) in [6, 6.07) is 18.9. The maximum absolute atomic E-state index is 12.2. The van der Waals surface area contributed by atoms with Gasteiger partial charge in [-0.2, -0.15) is 0 Å². The Balaban J connectivity index is 1.48. The monoisotopic (exact) mass is 580 g/mol. The molecule has 0 spiro atoms. The van der Waals surface area contributed by atoms with Crippen LogP contribution in [0.1, 0.15) is 83.0 Å². The Kier molecular flexibility index (Phi) is 11.7. The van der Waals surface area contributed by atoms with Crippen molar-refractivity contribution in [2.75, 3.05) is 20.1 Å². The van der Waals surface area contributed by atoms with Crippen molar-refractivity contribution in [2.24, 2.45) is 11.8 Å². The standard InChI is InChI=1S/C34H41ClO4S/c1-4-5-6-11-32(39-23-24-12-16-29(37-2)17-13-24)31-10-8-7-9-30(31)26-15-14-25(20-26)28(22-35)21-27-18-19-40-33(27)34(36)38-3/h7-10,12-19,25-26,28,32H,4-6,11,20-23H2,1-3H3/t25?,26?,28-,32?/m1/s1. The quantitative estimate of drug-likeness (QED) is 0.0778. The first kappa shape index (κ1) is 30.4. The van der Waals surface area contributed by atoms with Gasteiger partial charge >= 0.3 is 5.97 Å². The molecule has 2 aromatic carbocycles. The van der Waals surface area contributed by atoms with Gasteiger partial charge in [-0.3, -0.25) is 0 Å². The van der Waals surface area contributed by atoms with E-state index in [2.05, 4.69) is 55.5 Å². The van der Waals surface area contributed by atoms with Gasteiger partial charge in [0.1, 0.15) is 10.6 Å². The summed E-state index contributed by atoms with van der Waals surface area (Å²) < 4.78 is 16.9. The van der Waals surface area contributed by atoms with Crippen LogP contribution in [0.5, 0.6) is 5.75 Å². The van der Waals surface area contributed by atoms with Crippen molar-refractivity contribution >= 4 is 28.9 Å². The highest BCUT2D eigenvalue weighted by atomic mass is 35.5. The third-order valence-electron chi connectivity index (χ3n) is 7.94. The SMILES string of the molecule is CCCCCC(OCc1ccc(OC)cc1)c1ccccc1C1C=CC([C@@H](CCl)Cc2ccsc2C(=O)OC)C1. The number of hydrogen-bond donors (Lipinski definition) is 0. The van der Waals surface area contributed by atoms with Crippen LogP contribution in [0.15, 0.2) is 72.1 Å². The summed E-state index contributed by atoms with van der Waals surface area (Å²) in [4.78, 5) is 12.9. The molecule has 0 fully saturated rings. The van der Waals surface area contributed by atoms with Crippen molar-refractivity contribution in [1.29, 1.82) is 0 Å². The molecule has 0 N–H and O–H groups in total. The number of ether oxygens (including phenoxy) is 3. The maximum Gasteiger partial charge on any atom is 0.348 e. The molecule has 6 heteroatoms. The molecule has 0 amide bonds. The van der Waals surface area contributed by atoms with Crippen LogP contribution in [0.25, 0.3) is 0 Å². The van der Waals surface area contributed by atoms with Gasteiger partial charge in [-0.25, -0.2) is 4.79 Å². The van der Waals surface area contributed by atoms with Crippen molar-refractivity contribution < 1.29 is 19.0 Å². The molecule has 3 unspecified atom stereocenters. The Morgan fingerprint density at radius 2 is 1.85 bits per heavy atom. The predicted molar refractivity (Wildman–Crippen MR) is 165 cm³/mol. The second kappa shape index (κ2) is 15.4. The number of rotatable bonds is 15. The Labute approximate surface area is 248 Å². The van der Waals surface area contributed by atoms with Gasteiger partial charge < -0.3 is 14.2 Å². The number of hydrogen-bond acceptors (Lipinski definition) is 5. The summed E-state index contributed by atoms with van der Waals surface area (Å²) in [5.41, 5.74) is 4.80. The van der Waals surface area contributed by atoms with Crippen LogP contribution in [0.2, 0.25) is 0 Å². The number of thiophene rings is 1. The lowest BCUT2D eigenvalue weighted by Gasteiger charge is -2.25. The fourth-order valence-corrected chi connectivity index (χ4v) is 6.84. The number of halogens is 1. The minimum atomic E-state index is -0.268. The lowest BCUT2D eigenvalue weighted by atomic mass is 9.83. The molecule has 0 saturated heterocycles. The summed E-state index contributed by atoms with van der Waals surface area (Å²) in [6.45, 7) is 2.80. The summed E-state index contributed by atoms with van der Waals surface area (Å²) in [6.07, 6.45) is 11.0. The number of benzene rings is 2. The Bertz CT molecular complexity index is 1230. The predicted octanol–water partition coefficient (Wildman–Crippen LogP) is 9.14. The van der Waals surface area contributed by atoms with Gasteiger partial charge in [0, 0.05) is 11.8 Å². The molecule has 0 radical (unpaired) electrons. The molecule has 0 bridgehead atoms. The van der Waals surface area contributed by atoms with Gasteiger partial charge in [-0.15, -0.1) is 22.9 Å². The largest absolute Gasteiger partial charge is 0.497 e. The van der Waals surface area contributed by atoms with Crippen LogP contribution in [0, 0.1) is 11.8 Å². The van der Waals surface area contributed by atoms with Crippen molar-refractivity contribution in [2.45, 2.75) is 64.1 Å². The first-order chi connectivity index (χ1) is 19.6. The molecule has 3 aromatic rings. The lowest BCUT2D eigenvalue weighted by Crippen LogP contribution is -2.18. The van der Waals surface area contributed by atoms with Crippen molar-refractivity contribution in [3.05, 3.63) is 99.3 Å². The molecule has 1 aliphatic carbocycles. The fourth-order valence-electron chi connectivity index (χ4n) is 5.65. The first-order valence-corrected chi connectivity index (χ1v) is 15.7. The molecular weight excluding hydrogens is 540 g/mol. The van der Waals surface area contributed by atoms with E-state index in [0.717, 1.165) is 42.6 Å². The Morgan fingerprint density at radius 3 is 2.58 bits per heavy atom. The first-order valence-electron chi connectivity index (χ1n) is 14.3. The third-order valence-corrected chi connectivity index (χ3v) is 9.28. The smallest absolute Gasteiger partial charge is 0.348 e. The van der Waals surface area contributed by atoms with Gasteiger partial charge in [-0.05, 0) is 76.9 Å². The molecule has 0 aliphatic heterocycles. The second-order valence-corrected chi connectivity index (χ2v) is 11.8. The van der Waals surface area contributed by atoms with E-state index in [-0.39, 0.29) is 18.0 Å². The molecule has 0 saturated carbocycles. The van der Waals surface area contributed by atoms with E-state index in [0.29, 0.717) is 29.2 Å². The third kappa shape index (κ3) is 7.78. The normalized spacial score (nSPS) is 18.0. The van der Waals surface area contributed by atoms with Crippen molar-refractivity contribution in [3.8, 4) is 5.75 Å². The zero-order chi connectivity index (χ0) is 28.3. The zero-order valence-corrected chi connectivity index (χ0v) is 25.4. The Morgan fingerprint density at radius 1 is 1.05 bits per heavy atom. The van der Waals surface area contributed by atoms with Crippen LogP contribution in [-0.2, 0) is 22.5 Å². The molecule has 1 heterocycles. The van der Waals surface area contributed by atoms with Gasteiger partial charge in [0.2, 0.25) is 0 Å². The molecule has 214 valence electrons. The highest BCUT2D eigenvalue weighted by Gasteiger charge is 2.30. The summed E-state index contributed by atoms with van der Waals surface area (Å²) in [7, 11) is 3.12. The number of unbranched alkanes of at least 4 members (excludes halogenated alkanes) is 2. The van der Waals surface area contributed by atoms with E-state index in [1.54, 1.807) is 7.11 Å². The number of allylic oxidation sites excluding steroid dienone is 2. The van der Waals surface area contributed by atoms with E-state index in [1.807, 2.05) is 23.6 Å². The number of esters is 1. The molecule has 4 nitrogen and oxygen atoms in total. The minimum Gasteiger partial charge on any atom is -0.497 e. The highest BCUT2D eigenvalue weighted by Crippen LogP contribution is 2.42. The summed E-state index contributed by atoms with van der Waals surface area (Å²) >= 11 is 7.96. The van der Waals surface area contributed by atoms with Crippen LogP contribution in [-0.4, -0.2) is 26.1 Å². The molecule has 4 rings (SSSR count). The van der Waals surface area contributed by atoms with Gasteiger partial charge in [-0.1, -0.05) is 74.7 Å². The number of carbonyl (C=O) groups excluding carboxylic acids is 1. The van der Waals surface area contributed by atoms with Gasteiger partial charge in [0.25, 0.3) is 0 Å². The van der Waals surface area contributed by atoms with Crippen LogP contribution < -0.4 is 4.74 Å². The van der Waals surface area contributed by atoms with Crippen LogP contribution in [0.3, 0.4) is 0 Å². The number of alkyl halides is 1. The Hall–Kier alpha value is -2.60. The fraction of sp³-hybridized carbons (Fsp3) is 0.441. The average Bonchev–Trinajstić information content (AvgIpc) is 3.68. The van der Waals surface area contributed by atoms with E-state index >= 15 is 0 Å². The van der Waals surface area contributed by atoms with E-state index in [9.17, 15) is 4.79 Å². The van der Waals surface area contributed by atoms with E-state index in [1.165, 1.54) is 42.4 Å². The molecule has 1 aromatic heterocycles. The summed E-state index contributed by atoms with van der Waals surface area (Å²) in [5, 5.41) is 1.96. The minimum absolute atomic E-state index is 0.0366. The highest BCUT2D eigenvalue weighted by molar-refractivity contribution is 7.12. The van der Waals surface area contributed by atoms with Gasteiger partial charge in [0.05, 0.1) is 26.9 Å². The van der Waals surface area contributed by atoms with E-state index < -0.39 is 0 Å². The zero-order valence-electron chi connectivity index (χ0n) is 23.8. The topological polar surface area (TPSA) is 44.8 Å². The number of methoxy groups -OCH3 is 2. The van der Waals surface area contributed by atoms with Crippen molar-refractivity contribution in [3.63, 3.8) is 0 Å². The molecule has 40 heavy (non-hydrogen) atoms. The average molecular weight is 581 g/mol. The number of carbonyl (C=O) groups is 1. The van der Waals surface area contributed by atoms with Crippen LogP contribution >= 0.6 is 22.9 Å². The molecular formula is C34H41ClO4S. The summed E-state index contributed by atoms with van der Waals surface area (Å²) in [5.74, 6) is 2.04. The van der Waals surface area contributed by atoms with Crippen molar-refractivity contribution in [1.82, 2.24) is 0 Å². The molecule has 1 aliphatic rings. The van der Waals surface area contributed by atoms with Gasteiger partial charge in [0.15, 0.2) is 0 Å². The maximum atomic E-state index is 12.2. The molecule has 4 atom stereocenters. The van der Waals surface area contributed by atoms with E-state index in [4.69, 9.17) is 25.8 Å². The van der Waals surface area contributed by atoms with Crippen LogP contribution in [0.4, 0.5) is 0 Å².